The first-order valence-electron chi connectivity index (χ1n) is 5.80. The minimum atomic E-state index is -0.968. The highest BCUT2D eigenvalue weighted by Gasteiger charge is 2.17. The topological polar surface area (TPSA) is 49.3 Å². The lowest BCUT2D eigenvalue weighted by Crippen LogP contribution is -2.38. The Morgan fingerprint density at radius 1 is 1.39 bits per heavy atom. The zero-order valence-corrected chi connectivity index (χ0v) is 10.4. The third-order valence-corrected chi connectivity index (χ3v) is 2.46. The van der Waals surface area contributed by atoms with Crippen molar-refractivity contribution in [1.82, 2.24) is 5.32 Å². The Hall–Kier alpha value is -1.49. The molecule has 1 unspecified atom stereocenters. The summed E-state index contributed by atoms with van der Waals surface area (Å²) in [4.78, 5) is 10.7. The van der Waals surface area contributed by atoms with Gasteiger partial charge in [-0.05, 0) is 30.2 Å². The molecule has 0 bridgehead atoms. The highest BCUT2D eigenvalue weighted by atomic mass is 19.1. The number of aliphatic carboxylic acids is 1. The molecule has 0 amide bonds. The molecule has 1 rings (SSSR count). The van der Waals surface area contributed by atoms with Crippen molar-refractivity contribution < 1.29 is 18.7 Å². The fourth-order valence-corrected chi connectivity index (χ4v) is 1.84. The Bertz CT molecular complexity index is 421. The van der Waals surface area contributed by atoms with Crippen molar-refractivity contribution in [3.05, 3.63) is 35.4 Å². The van der Waals surface area contributed by atoms with E-state index in [-0.39, 0.29) is 24.4 Å². The molecule has 0 aliphatic rings. The first-order chi connectivity index (χ1) is 8.38. The van der Waals surface area contributed by atoms with Gasteiger partial charge in [0.05, 0.1) is 6.42 Å². The summed E-state index contributed by atoms with van der Waals surface area (Å²) in [6.45, 7) is 3.74. The standard InChI is InChI=1S/C13H17F2NO2/c1-8(2)16-11(7-13(17)18)6-9-5-10(14)3-4-12(9)15/h3-5,8,11,16H,6-7H2,1-2H3,(H,17,18). The van der Waals surface area contributed by atoms with Crippen LogP contribution in [0.15, 0.2) is 18.2 Å². The molecular formula is C13H17F2NO2. The van der Waals surface area contributed by atoms with Gasteiger partial charge in [-0.2, -0.15) is 0 Å². The molecule has 0 aliphatic carbocycles. The molecule has 5 heteroatoms. The molecule has 1 aromatic carbocycles. The molecule has 0 aliphatic heterocycles. The zero-order valence-electron chi connectivity index (χ0n) is 10.4. The van der Waals surface area contributed by atoms with Crippen molar-refractivity contribution in [3.8, 4) is 0 Å². The Morgan fingerprint density at radius 2 is 2.06 bits per heavy atom. The zero-order chi connectivity index (χ0) is 13.7. The summed E-state index contributed by atoms with van der Waals surface area (Å²) in [5.41, 5.74) is 0.189. The van der Waals surface area contributed by atoms with E-state index in [1.165, 1.54) is 0 Å². The van der Waals surface area contributed by atoms with Crippen LogP contribution >= 0.6 is 0 Å². The summed E-state index contributed by atoms with van der Waals surface area (Å²) < 4.78 is 26.5. The second-order valence-electron chi connectivity index (χ2n) is 4.56. The van der Waals surface area contributed by atoms with Crippen LogP contribution in [-0.4, -0.2) is 23.2 Å². The molecule has 0 fully saturated rings. The van der Waals surface area contributed by atoms with Gasteiger partial charge < -0.3 is 10.4 Å². The molecule has 3 nitrogen and oxygen atoms in total. The van der Waals surface area contributed by atoms with Crippen LogP contribution in [0.1, 0.15) is 25.8 Å². The highest BCUT2D eigenvalue weighted by molar-refractivity contribution is 5.67. The van der Waals surface area contributed by atoms with Crippen molar-refractivity contribution in [2.45, 2.75) is 38.8 Å². The minimum Gasteiger partial charge on any atom is -0.481 e. The molecule has 1 aromatic rings. The molecule has 0 spiro atoms. The van der Waals surface area contributed by atoms with E-state index in [4.69, 9.17) is 5.11 Å². The van der Waals surface area contributed by atoms with Gasteiger partial charge in [-0.3, -0.25) is 4.79 Å². The molecule has 0 saturated heterocycles. The van der Waals surface area contributed by atoms with Gasteiger partial charge in [-0.25, -0.2) is 8.78 Å². The van der Waals surface area contributed by atoms with Gasteiger partial charge in [-0.15, -0.1) is 0 Å². The summed E-state index contributed by atoms with van der Waals surface area (Å²) in [5, 5.41) is 11.8. The van der Waals surface area contributed by atoms with Gasteiger partial charge in [-0.1, -0.05) is 13.8 Å². The fraction of sp³-hybridized carbons (Fsp3) is 0.462. The lowest BCUT2D eigenvalue weighted by molar-refractivity contribution is -0.137. The Morgan fingerprint density at radius 3 is 2.61 bits per heavy atom. The summed E-state index contributed by atoms with van der Waals surface area (Å²) in [6, 6.07) is 2.86. The van der Waals surface area contributed by atoms with Crippen LogP contribution in [0.2, 0.25) is 0 Å². The maximum Gasteiger partial charge on any atom is 0.304 e. The van der Waals surface area contributed by atoms with E-state index in [0.717, 1.165) is 18.2 Å². The predicted octanol–water partition coefficient (Wildman–Crippen LogP) is 2.35. The fourth-order valence-electron chi connectivity index (χ4n) is 1.84. The molecule has 1 atom stereocenters. The van der Waals surface area contributed by atoms with Crippen LogP contribution in [-0.2, 0) is 11.2 Å². The third kappa shape index (κ3) is 4.79. The molecule has 0 heterocycles. The second kappa shape index (κ2) is 6.44. The Labute approximate surface area is 105 Å². The average molecular weight is 257 g/mol. The van der Waals surface area contributed by atoms with Gasteiger partial charge in [0, 0.05) is 12.1 Å². The maximum absolute atomic E-state index is 13.5. The van der Waals surface area contributed by atoms with E-state index >= 15 is 0 Å². The van der Waals surface area contributed by atoms with E-state index in [2.05, 4.69) is 5.32 Å². The lowest BCUT2D eigenvalue weighted by Gasteiger charge is -2.20. The Kier molecular flexibility index (Phi) is 5.22. The van der Waals surface area contributed by atoms with E-state index in [0.29, 0.717) is 0 Å². The quantitative estimate of drug-likeness (QED) is 0.822. The second-order valence-corrected chi connectivity index (χ2v) is 4.56. The van der Waals surface area contributed by atoms with Crippen LogP contribution in [0, 0.1) is 11.6 Å². The van der Waals surface area contributed by atoms with Gasteiger partial charge in [0.2, 0.25) is 0 Å². The van der Waals surface area contributed by atoms with E-state index in [1.807, 2.05) is 13.8 Å². The minimum absolute atomic E-state index is 0.0750. The van der Waals surface area contributed by atoms with E-state index in [1.54, 1.807) is 0 Å². The van der Waals surface area contributed by atoms with Crippen molar-refractivity contribution in [2.75, 3.05) is 0 Å². The predicted molar refractivity (Wildman–Crippen MR) is 64.4 cm³/mol. The molecule has 100 valence electrons. The molecule has 18 heavy (non-hydrogen) atoms. The van der Waals surface area contributed by atoms with Crippen LogP contribution in [0.3, 0.4) is 0 Å². The summed E-state index contributed by atoms with van der Waals surface area (Å²) in [6.07, 6.45) is 0.0161. The number of rotatable bonds is 6. The third-order valence-electron chi connectivity index (χ3n) is 2.46. The van der Waals surface area contributed by atoms with Gasteiger partial charge in [0.1, 0.15) is 11.6 Å². The van der Waals surface area contributed by atoms with Crippen LogP contribution in [0.4, 0.5) is 8.78 Å². The Balaban J connectivity index is 2.81. The smallest absolute Gasteiger partial charge is 0.304 e. The van der Waals surface area contributed by atoms with Crippen molar-refractivity contribution in [3.63, 3.8) is 0 Å². The van der Waals surface area contributed by atoms with E-state index in [9.17, 15) is 13.6 Å². The van der Waals surface area contributed by atoms with Crippen LogP contribution in [0.5, 0.6) is 0 Å². The summed E-state index contributed by atoms with van der Waals surface area (Å²) >= 11 is 0. The largest absolute Gasteiger partial charge is 0.481 e. The molecule has 0 saturated carbocycles. The molecule has 0 radical (unpaired) electrons. The van der Waals surface area contributed by atoms with Gasteiger partial charge in [0.15, 0.2) is 0 Å². The number of carbonyl (C=O) groups is 1. The van der Waals surface area contributed by atoms with Crippen molar-refractivity contribution >= 4 is 5.97 Å². The molecular weight excluding hydrogens is 240 g/mol. The van der Waals surface area contributed by atoms with Crippen molar-refractivity contribution in [1.29, 1.82) is 0 Å². The number of carboxylic acid groups (broad SMARTS) is 1. The van der Waals surface area contributed by atoms with Gasteiger partial charge >= 0.3 is 5.97 Å². The summed E-state index contributed by atoms with van der Waals surface area (Å²) in [7, 11) is 0. The number of carboxylic acids is 1. The number of hydrogen-bond acceptors (Lipinski definition) is 2. The number of halogens is 2. The maximum atomic E-state index is 13.5. The number of nitrogens with one attached hydrogen (secondary N) is 1. The van der Waals surface area contributed by atoms with Crippen LogP contribution in [0.25, 0.3) is 0 Å². The lowest BCUT2D eigenvalue weighted by atomic mass is 10.0. The number of hydrogen-bond donors (Lipinski definition) is 2. The first kappa shape index (κ1) is 14.6. The van der Waals surface area contributed by atoms with Crippen molar-refractivity contribution in [2.24, 2.45) is 0 Å². The number of benzene rings is 1. The molecule has 2 N–H and O–H groups in total. The van der Waals surface area contributed by atoms with Crippen LogP contribution < -0.4 is 5.32 Å². The van der Waals surface area contributed by atoms with E-state index < -0.39 is 23.6 Å². The average Bonchev–Trinajstić information content (AvgIpc) is 2.21. The SMILES string of the molecule is CC(C)NC(CC(=O)O)Cc1cc(F)ccc1F. The molecule has 0 aromatic heterocycles. The monoisotopic (exact) mass is 257 g/mol. The summed E-state index contributed by atoms with van der Waals surface area (Å²) in [5.74, 6) is -2.01. The van der Waals surface area contributed by atoms with Gasteiger partial charge in [0.25, 0.3) is 0 Å². The first-order valence-corrected chi connectivity index (χ1v) is 5.80. The normalized spacial score (nSPS) is 12.7. The highest BCUT2D eigenvalue weighted by Crippen LogP contribution is 2.13.